The van der Waals surface area contributed by atoms with Crippen LogP contribution >= 0.6 is 6.89 Å². The van der Waals surface area contributed by atoms with Gasteiger partial charge in [0.25, 0.3) is 0 Å². The lowest BCUT2D eigenvalue weighted by atomic mass is 9.92. The molecule has 3 heteroatoms. The van der Waals surface area contributed by atoms with Crippen LogP contribution in [0.15, 0.2) is 145 Å². The second-order valence-electron chi connectivity index (χ2n) is 9.93. The molecule has 0 radical (unpaired) electrons. The number of rotatable bonds is 3. The minimum atomic E-state index is -2.61. The summed E-state index contributed by atoms with van der Waals surface area (Å²) in [5.41, 5.74) is 1.88. The average Bonchev–Trinajstić information content (AvgIpc) is 3.04. The molecule has 0 saturated heterocycles. The van der Waals surface area contributed by atoms with Gasteiger partial charge in [-0.3, -0.25) is 0 Å². The first-order chi connectivity index (χ1) is 19.8. The van der Waals surface area contributed by atoms with E-state index in [0.29, 0.717) is 10.6 Å². The summed E-state index contributed by atoms with van der Waals surface area (Å²) in [6.07, 6.45) is 4.03. The Morgan fingerprint density at radius 3 is 1.43 bits per heavy atom. The van der Waals surface area contributed by atoms with Gasteiger partial charge in [0.05, 0.1) is 10.6 Å². The molecule has 1 heterocycles. The maximum atomic E-state index is 10.6. The van der Waals surface area contributed by atoms with Gasteiger partial charge in [-0.1, -0.05) is 121 Å². The molecule has 186 valence electrons. The summed E-state index contributed by atoms with van der Waals surface area (Å²) in [7, 11) is 0. The lowest BCUT2D eigenvalue weighted by Gasteiger charge is -2.31. The molecule has 0 fully saturated rings. The van der Waals surface area contributed by atoms with Crippen molar-refractivity contribution in [3.63, 3.8) is 0 Å². The first kappa shape index (κ1) is 23.9. The molecule has 0 aliphatic carbocycles. The predicted molar refractivity (Wildman–Crippen MR) is 170 cm³/mol. The number of hydrogen-bond donors (Lipinski definition) is 0. The number of benzene rings is 6. The molecule has 0 spiro atoms. The van der Waals surface area contributed by atoms with Crippen LogP contribution in [-0.2, 0) is 0 Å². The predicted octanol–water partition coefficient (Wildman–Crippen LogP) is 8.32. The minimum Gasteiger partial charge on any atom is -0.192 e. The summed E-state index contributed by atoms with van der Waals surface area (Å²) in [5.74, 6) is 0. The molecule has 40 heavy (non-hydrogen) atoms. The SMILES string of the molecule is N#CC1=CC(c2ccc3c4ccccc4c4ccccc4c3c2)=CC(C#N)=P1(c1ccccc1)c1ccccc1. The molecule has 1 aliphatic rings. The highest BCUT2D eigenvalue weighted by Crippen LogP contribution is 2.57. The third-order valence-corrected chi connectivity index (χ3v) is 11.9. The van der Waals surface area contributed by atoms with Gasteiger partial charge in [0.1, 0.15) is 12.1 Å². The van der Waals surface area contributed by atoms with Crippen molar-refractivity contribution in [1.29, 1.82) is 10.5 Å². The molecule has 0 N–H and O–H groups in total. The molecular weight excluding hydrogens is 503 g/mol. The van der Waals surface area contributed by atoms with Crippen molar-refractivity contribution in [3.8, 4) is 12.1 Å². The molecule has 0 aromatic heterocycles. The fraction of sp³-hybridized carbons (Fsp3) is 0. The number of nitriles is 2. The van der Waals surface area contributed by atoms with Crippen molar-refractivity contribution in [2.45, 2.75) is 0 Å². The molecule has 0 unspecified atom stereocenters. The molecule has 1 aliphatic heterocycles. The van der Waals surface area contributed by atoms with Crippen molar-refractivity contribution >= 4 is 60.7 Å². The lowest BCUT2D eigenvalue weighted by Crippen LogP contribution is -2.24. The summed E-state index contributed by atoms with van der Waals surface area (Å²) in [6.45, 7) is -2.61. The first-order valence-electron chi connectivity index (χ1n) is 13.2. The van der Waals surface area contributed by atoms with Crippen LogP contribution in [0.1, 0.15) is 5.56 Å². The van der Waals surface area contributed by atoms with Crippen molar-refractivity contribution in [3.05, 3.63) is 150 Å². The van der Waals surface area contributed by atoms with E-state index in [4.69, 9.17) is 0 Å². The molecule has 0 bridgehead atoms. The van der Waals surface area contributed by atoms with Crippen LogP contribution in [-0.4, -0.2) is 5.29 Å². The number of hydrogen-bond acceptors (Lipinski definition) is 2. The Kier molecular flexibility index (Phi) is 5.72. The lowest BCUT2D eigenvalue weighted by molar-refractivity contribution is 1.52. The van der Waals surface area contributed by atoms with Gasteiger partial charge in [-0.05, 0) is 72.3 Å². The van der Waals surface area contributed by atoms with E-state index in [1.165, 1.54) is 26.9 Å². The molecular formula is C37H23N2P. The third-order valence-electron chi connectivity index (χ3n) is 7.90. The topological polar surface area (TPSA) is 47.6 Å². The smallest absolute Gasteiger partial charge is 0.100 e. The Bertz CT molecular complexity index is 2090. The Hall–Kier alpha value is -5.14. The van der Waals surface area contributed by atoms with Crippen LogP contribution in [0.3, 0.4) is 0 Å². The summed E-state index contributed by atoms with van der Waals surface area (Å²) in [4.78, 5) is 0. The summed E-state index contributed by atoms with van der Waals surface area (Å²) >= 11 is 0. The quantitative estimate of drug-likeness (QED) is 0.172. The normalized spacial score (nSPS) is 14.4. The largest absolute Gasteiger partial charge is 0.192 e. The number of nitrogens with zero attached hydrogens (tertiary/aromatic N) is 2. The molecule has 0 atom stereocenters. The maximum absolute atomic E-state index is 10.6. The molecule has 2 nitrogen and oxygen atoms in total. The Morgan fingerprint density at radius 1 is 0.450 bits per heavy atom. The zero-order valence-corrected chi connectivity index (χ0v) is 22.5. The van der Waals surface area contributed by atoms with Crippen LogP contribution in [0.2, 0.25) is 0 Å². The van der Waals surface area contributed by atoms with Crippen LogP contribution in [0.4, 0.5) is 0 Å². The number of allylic oxidation sites excluding steroid dienone is 4. The van der Waals surface area contributed by atoms with E-state index >= 15 is 0 Å². The molecule has 6 aromatic carbocycles. The van der Waals surface area contributed by atoms with E-state index in [0.717, 1.165) is 27.1 Å². The molecule has 0 saturated carbocycles. The van der Waals surface area contributed by atoms with Crippen LogP contribution < -0.4 is 10.6 Å². The van der Waals surface area contributed by atoms with Gasteiger partial charge in [0.2, 0.25) is 0 Å². The Morgan fingerprint density at radius 2 is 0.925 bits per heavy atom. The van der Waals surface area contributed by atoms with Crippen LogP contribution in [0.25, 0.3) is 37.9 Å². The minimum absolute atomic E-state index is 0.641. The standard InChI is InChI=1S/C37H23N2P/c38-24-30-21-27(22-31(25-39)40(30,28-11-3-1-4-12-28)29-13-5-2-6-14-29)26-19-20-36-34-17-8-7-15-32(34)33-16-9-10-18-35(33)37(36)23-26/h1-23H. The summed E-state index contributed by atoms with van der Waals surface area (Å²) in [6, 6.07) is 48.8. The van der Waals surface area contributed by atoms with Gasteiger partial charge in [0.15, 0.2) is 0 Å². The maximum Gasteiger partial charge on any atom is 0.100 e. The van der Waals surface area contributed by atoms with Gasteiger partial charge in [-0.25, -0.2) is 0 Å². The number of fused-ring (bicyclic) bond motifs is 6. The third kappa shape index (κ3) is 3.48. The molecule has 7 rings (SSSR count). The second kappa shape index (κ2) is 9.55. The van der Waals surface area contributed by atoms with E-state index in [1.54, 1.807) is 0 Å². The van der Waals surface area contributed by atoms with Crippen LogP contribution in [0.5, 0.6) is 0 Å². The van der Waals surface area contributed by atoms with Gasteiger partial charge in [-0.2, -0.15) is 10.5 Å². The van der Waals surface area contributed by atoms with E-state index < -0.39 is 6.89 Å². The Labute approximate surface area is 233 Å². The highest BCUT2D eigenvalue weighted by Gasteiger charge is 2.34. The average molecular weight is 527 g/mol. The van der Waals surface area contributed by atoms with Gasteiger partial charge in [0, 0.05) is 6.89 Å². The zero-order valence-electron chi connectivity index (χ0n) is 21.6. The molecule has 0 amide bonds. The zero-order chi connectivity index (χ0) is 27.1. The van der Waals surface area contributed by atoms with Crippen molar-refractivity contribution in [2.24, 2.45) is 0 Å². The first-order valence-corrected chi connectivity index (χ1v) is 15.0. The molecule has 6 aromatic rings. The van der Waals surface area contributed by atoms with E-state index in [2.05, 4.69) is 103 Å². The van der Waals surface area contributed by atoms with Crippen LogP contribution in [0, 0.1) is 22.7 Å². The summed E-state index contributed by atoms with van der Waals surface area (Å²) < 4.78 is 0. The highest BCUT2D eigenvalue weighted by atomic mass is 31.2. The monoisotopic (exact) mass is 526 g/mol. The summed E-state index contributed by atoms with van der Waals surface area (Å²) in [5, 5.41) is 31.8. The highest BCUT2D eigenvalue weighted by molar-refractivity contribution is 7.93. The van der Waals surface area contributed by atoms with Gasteiger partial charge in [-0.15, -0.1) is 0 Å². The fourth-order valence-corrected chi connectivity index (χ4v) is 10.0. The van der Waals surface area contributed by atoms with E-state index in [1.807, 2.05) is 48.6 Å². The van der Waals surface area contributed by atoms with Gasteiger partial charge < -0.3 is 0 Å². The van der Waals surface area contributed by atoms with Gasteiger partial charge >= 0.3 is 0 Å². The van der Waals surface area contributed by atoms with E-state index in [-0.39, 0.29) is 0 Å². The van der Waals surface area contributed by atoms with E-state index in [9.17, 15) is 10.5 Å². The van der Waals surface area contributed by atoms with Crippen molar-refractivity contribution in [2.75, 3.05) is 0 Å². The fourth-order valence-electron chi connectivity index (χ4n) is 6.14. The Balaban J connectivity index is 1.55. The second-order valence-corrected chi connectivity index (χ2v) is 13.3. The van der Waals surface area contributed by atoms with Crippen molar-refractivity contribution in [1.82, 2.24) is 0 Å². The van der Waals surface area contributed by atoms with Crippen molar-refractivity contribution < 1.29 is 0 Å².